The number of carboxylic acid groups (broad SMARTS) is 1. The molecule has 236 valence electrons. The zero-order valence-corrected chi connectivity index (χ0v) is 24.6. The average molecular weight is 618 g/mol. The SMILES string of the molecule is CC(C)(C)C1(CCc2c(F)cncc2NC(=O)CC(c2ccc(F)cc2)c2cc(F)cc(F)c2)CN(C(=O)O)C(CO)CO1. The molecule has 1 aliphatic rings. The molecule has 12 heteroatoms. The van der Waals surface area contributed by atoms with E-state index in [1.54, 1.807) is 0 Å². The molecule has 1 fully saturated rings. The second kappa shape index (κ2) is 13.3. The molecule has 3 unspecified atom stereocenters. The average Bonchev–Trinajstić information content (AvgIpc) is 2.95. The van der Waals surface area contributed by atoms with Crippen molar-refractivity contribution >= 4 is 17.7 Å². The first-order valence-corrected chi connectivity index (χ1v) is 14.1. The van der Waals surface area contributed by atoms with E-state index in [0.29, 0.717) is 11.6 Å². The maximum Gasteiger partial charge on any atom is 0.407 e. The van der Waals surface area contributed by atoms with Gasteiger partial charge in [-0.1, -0.05) is 32.9 Å². The quantitative estimate of drug-likeness (QED) is 0.259. The first-order valence-electron chi connectivity index (χ1n) is 14.1. The first-order chi connectivity index (χ1) is 20.7. The van der Waals surface area contributed by atoms with Crippen molar-refractivity contribution in [3.05, 3.63) is 94.8 Å². The number of aliphatic hydroxyl groups is 1. The molecule has 4 rings (SSSR count). The summed E-state index contributed by atoms with van der Waals surface area (Å²) in [4.78, 5) is 30.3. The van der Waals surface area contributed by atoms with Gasteiger partial charge in [-0.25, -0.2) is 22.4 Å². The summed E-state index contributed by atoms with van der Waals surface area (Å²) in [7, 11) is 0. The number of benzene rings is 2. The fraction of sp³-hybridized carbons (Fsp3) is 0.406. The molecule has 1 saturated heterocycles. The molecule has 2 heterocycles. The third-order valence-corrected chi connectivity index (χ3v) is 8.25. The Bertz CT molecular complexity index is 1480. The van der Waals surface area contributed by atoms with Gasteiger partial charge >= 0.3 is 6.09 Å². The van der Waals surface area contributed by atoms with Crippen LogP contribution in [0.15, 0.2) is 54.9 Å². The van der Waals surface area contributed by atoms with Crippen LogP contribution in [-0.4, -0.2) is 63.5 Å². The Kier molecular flexibility index (Phi) is 9.94. The number of morpholine rings is 1. The van der Waals surface area contributed by atoms with Crippen molar-refractivity contribution in [3.8, 4) is 0 Å². The third-order valence-electron chi connectivity index (χ3n) is 8.25. The molecule has 44 heavy (non-hydrogen) atoms. The summed E-state index contributed by atoms with van der Waals surface area (Å²) in [5, 5.41) is 22.1. The fourth-order valence-corrected chi connectivity index (χ4v) is 5.59. The number of aliphatic hydroxyl groups excluding tert-OH is 1. The Balaban J connectivity index is 1.59. The predicted molar refractivity (Wildman–Crippen MR) is 154 cm³/mol. The molecule has 3 N–H and O–H groups in total. The zero-order chi connectivity index (χ0) is 32.2. The molecule has 2 aromatic carbocycles. The fourth-order valence-electron chi connectivity index (χ4n) is 5.59. The van der Waals surface area contributed by atoms with Crippen LogP contribution < -0.4 is 5.32 Å². The van der Waals surface area contributed by atoms with Crippen LogP contribution in [0.5, 0.6) is 0 Å². The lowest BCUT2D eigenvalue weighted by Gasteiger charge is -2.52. The van der Waals surface area contributed by atoms with Crippen molar-refractivity contribution in [2.24, 2.45) is 5.41 Å². The van der Waals surface area contributed by atoms with E-state index >= 15 is 4.39 Å². The Morgan fingerprint density at radius 1 is 1.05 bits per heavy atom. The Morgan fingerprint density at radius 2 is 1.70 bits per heavy atom. The van der Waals surface area contributed by atoms with Gasteiger partial charge in [-0.15, -0.1) is 0 Å². The maximum atomic E-state index is 15.2. The molecule has 3 atom stereocenters. The summed E-state index contributed by atoms with van der Waals surface area (Å²) >= 11 is 0. The molecule has 1 aliphatic heterocycles. The van der Waals surface area contributed by atoms with Crippen LogP contribution >= 0.6 is 0 Å². The van der Waals surface area contributed by atoms with Crippen molar-refractivity contribution in [3.63, 3.8) is 0 Å². The smallest absolute Gasteiger partial charge is 0.407 e. The van der Waals surface area contributed by atoms with E-state index in [-0.39, 0.29) is 49.2 Å². The van der Waals surface area contributed by atoms with Gasteiger partial charge in [0.1, 0.15) is 23.3 Å². The van der Waals surface area contributed by atoms with Gasteiger partial charge in [0.15, 0.2) is 0 Å². The van der Waals surface area contributed by atoms with Crippen molar-refractivity contribution in [1.29, 1.82) is 0 Å². The van der Waals surface area contributed by atoms with E-state index in [1.807, 2.05) is 20.8 Å². The van der Waals surface area contributed by atoms with Gasteiger partial charge in [0, 0.05) is 24.0 Å². The number of hydrogen-bond donors (Lipinski definition) is 3. The highest BCUT2D eigenvalue weighted by atomic mass is 19.1. The minimum absolute atomic E-state index is 0.0367. The van der Waals surface area contributed by atoms with E-state index in [0.717, 1.165) is 23.2 Å². The Labute approximate surface area is 252 Å². The number of nitrogens with one attached hydrogen (secondary N) is 1. The number of carbonyl (C=O) groups excluding carboxylic acids is 1. The Hall–Kier alpha value is -4.03. The minimum atomic E-state index is -1.21. The topological polar surface area (TPSA) is 112 Å². The predicted octanol–water partition coefficient (Wildman–Crippen LogP) is 5.89. The number of ether oxygens (including phenoxy) is 1. The normalized spacial score (nSPS) is 19.5. The third kappa shape index (κ3) is 7.36. The number of rotatable bonds is 9. The van der Waals surface area contributed by atoms with Gasteiger partial charge in [0.05, 0.1) is 49.5 Å². The van der Waals surface area contributed by atoms with Gasteiger partial charge in [-0.05, 0) is 53.6 Å². The monoisotopic (exact) mass is 617 g/mol. The molecular weight excluding hydrogens is 582 g/mol. The lowest BCUT2D eigenvalue weighted by atomic mass is 9.71. The lowest BCUT2D eigenvalue weighted by molar-refractivity contribution is -0.184. The van der Waals surface area contributed by atoms with Gasteiger partial charge in [0.25, 0.3) is 0 Å². The number of anilines is 1. The number of nitrogens with zero attached hydrogens (tertiary/aromatic N) is 2. The van der Waals surface area contributed by atoms with Crippen molar-refractivity contribution in [2.75, 3.05) is 25.1 Å². The second-order valence-corrected chi connectivity index (χ2v) is 12.0. The number of pyridine rings is 1. The van der Waals surface area contributed by atoms with Crippen molar-refractivity contribution in [1.82, 2.24) is 9.88 Å². The van der Waals surface area contributed by atoms with Gasteiger partial charge in [0.2, 0.25) is 5.91 Å². The second-order valence-electron chi connectivity index (χ2n) is 12.0. The van der Waals surface area contributed by atoms with Crippen LogP contribution in [0.4, 0.5) is 28.0 Å². The van der Waals surface area contributed by atoms with Crippen LogP contribution in [0.25, 0.3) is 0 Å². The molecule has 0 aliphatic carbocycles. The summed E-state index contributed by atoms with van der Waals surface area (Å²) in [5.74, 6) is -4.37. The number of carbonyl (C=O) groups is 2. The lowest BCUT2D eigenvalue weighted by Crippen LogP contribution is -2.63. The largest absolute Gasteiger partial charge is 0.465 e. The molecule has 0 saturated carbocycles. The molecule has 2 amide bonds. The molecular formula is C32H35F4N3O5. The van der Waals surface area contributed by atoms with E-state index in [9.17, 15) is 33.0 Å². The number of halogens is 4. The van der Waals surface area contributed by atoms with E-state index in [4.69, 9.17) is 4.74 Å². The van der Waals surface area contributed by atoms with Crippen molar-refractivity contribution < 1.29 is 42.1 Å². The maximum absolute atomic E-state index is 15.2. The van der Waals surface area contributed by atoms with Crippen LogP contribution in [-0.2, 0) is 16.0 Å². The molecule has 3 aromatic rings. The van der Waals surface area contributed by atoms with Crippen LogP contribution in [0.1, 0.15) is 56.2 Å². The first kappa shape index (κ1) is 32.9. The minimum Gasteiger partial charge on any atom is -0.465 e. The molecule has 1 aromatic heterocycles. The molecule has 0 radical (unpaired) electrons. The summed E-state index contributed by atoms with van der Waals surface area (Å²) in [6, 6.07) is 7.35. The van der Waals surface area contributed by atoms with Crippen LogP contribution in [0.2, 0.25) is 0 Å². The highest BCUT2D eigenvalue weighted by Gasteiger charge is 2.49. The summed E-state index contributed by atoms with van der Waals surface area (Å²) in [6.07, 6.45) is 0.965. The molecule has 8 nitrogen and oxygen atoms in total. The zero-order valence-electron chi connectivity index (χ0n) is 24.6. The van der Waals surface area contributed by atoms with Crippen LogP contribution in [0.3, 0.4) is 0 Å². The highest BCUT2D eigenvalue weighted by Crippen LogP contribution is 2.42. The van der Waals surface area contributed by atoms with Gasteiger partial charge < -0.3 is 20.3 Å². The van der Waals surface area contributed by atoms with E-state index < -0.39 is 64.9 Å². The van der Waals surface area contributed by atoms with E-state index in [1.165, 1.54) is 30.5 Å². The number of hydrogen-bond acceptors (Lipinski definition) is 5. The number of amides is 2. The van der Waals surface area contributed by atoms with Crippen LogP contribution in [0, 0.1) is 28.7 Å². The standard InChI is InChI=1S/C32H35F4N3O5/c1-31(2,3)32(18-39(30(42)43)24(16-40)17-44-32)9-8-25-27(36)14-37-15-28(25)38-29(41)13-26(19-4-6-21(33)7-5-19)20-10-22(34)12-23(35)11-20/h4-7,10-12,14-15,24,26,40H,8-9,13,16-18H2,1-3H3,(H,38,41)(H,42,43). The van der Waals surface area contributed by atoms with E-state index in [2.05, 4.69) is 10.3 Å². The van der Waals surface area contributed by atoms with Crippen molar-refractivity contribution in [2.45, 2.75) is 57.6 Å². The highest BCUT2D eigenvalue weighted by molar-refractivity contribution is 5.92. The van der Waals surface area contributed by atoms with Gasteiger partial charge in [-0.2, -0.15) is 0 Å². The Morgan fingerprint density at radius 3 is 2.30 bits per heavy atom. The number of aromatic nitrogens is 1. The summed E-state index contributed by atoms with van der Waals surface area (Å²) < 4.78 is 63.2. The molecule has 0 bridgehead atoms. The van der Waals surface area contributed by atoms with Gasteiger partial charge in [-0.3, -0.25) is 14.7 Å². The summed E-state index contributed by atoms with van der Waals surface area (Å²) in [5.41, 5.74) is -0.870. The molecule has 0 spiro atoms. The summed E-state index contributed by atoms with van der Waals surface area (Å²) in [6.45, 7) is 5.11.